The Labute approximate surface area is 83.5 Å². The SMILES string of the molecule is CCNC(C)Cc1ncc(Cl)cn1. The molecule has 1 atom stereocenters. The van der Waals surface area contributed by atoms with Gasteiger partial charge >= 0.3 is 0 Å². The summed E-state index contributed by atoms with van der Waals surface area (Å²) in [6, 6.07) is 0.408. The van der Waals surface area contributed by atoms with Crippen LogP contribution in [0.25, 0.3) is 0 Å². The molecule has 1 unspecified atom stereocenters. The summed E-state index contributed by atoms with van der Waals surface area (Å²) in [6.45, 7) is 5.16. The summed E-state index contributed by atoms with van der Waals surface area (Å²) in [5.41, 5.74) is 0. The molecule has 0 aromatic carbocycles. The van der Waals surface area contributed by atoms with Crippen molar-refractivity contribution in [1.29, 1.82) is 0 Å². The maximum atomic E-state index is 5.67. The third-order valence-electron chi connectivity index (χ3n) is 1.72. The van der Waals surface area contributed by atoms with Crippen LogP contribution >= 0.6 is 11.6 Å². The zero-order chi connectivity index (χ0) is 9.68. The zero-order valence-corrected chi connectivity index (χ0v) is 8.67. The Kier molecular flexibility index (Phi) is 4.12. The Bertz CT molecular complexity index is 248. The predicted molar refractivity (Wildman–Crippen MR) is 53.9 cm³/mol. The summed E-state index contributed by atoms with van der Waals surface area (Å²) >= 11 is 5.67. The lowest BCUT2D eigenvalue weighted by Crippen LogP contribution is -2.28. The van der Waals surface area contributed by atoms with Crippen molar-refractivity contribution in [3.63, 3.8) is 0 Å². The van der Waals surface area contributed by atoms with Gasteiger partial charge in [-0.3, -0.25) is 0 Å². The van der Waals surface area contributed by atoms with Gasteiger partial charge in [0.2, 0.25) is 0 Å². The zero-order valence-electron chi connectivity index (χ0n) is 7.92. The van der Waals surface area contributed by atoms with Crippen LogP contribution in [0.5, 0.6) is 0 Å². The number of hydrogen-bond acceptors (Lipinski definition) is 3. The molecule has 0 amide bonds. The molecule has 0 saturated heterocycles. The second kappa shape index (κ2) is 5.14. The van der Waals surface area contributed by atoms with Crippen LogP contribution in [0, 0.1) is 0 Å². The highest BCUT2D eigenvalue weighted by molar-refractivity contribution is 6.30. The van der Waals surface area contributed by atoms with E-state index < -0.39 is 0 Å². The van der Waals surface area contributed by atoms with Gasteiger partial charge in [-0.15, -0.1) is 0 Å². The maximum absolute atomic E-state index is 5.67. The first-order chi connectivity index (χ1) is 6.22. The molecule has 0 fully saturated rings. The van der Waals surface area contributed by atoms with Gasteiger partial charge in [-0.05, 0) is 13.5 Å². The molecule has 1 heterocycles. The number of halogens is 1. The van der Waals surface area contributed by atoms with E-state index in [1.807, 2.05) is 0 Å². The molecule has 0 saturated carbocycles. The summed E-state index contributed by atoms with van der Waals surface area (Å²) in [7, 11) is 0. The van der Waals surface area contributed by atoms with Crippen LogP contribution in [0.1, 0.15) is 19.7 Å². The van der Waals surface area contributed by atoms with Crippen LogP contribution in [0.4, 0.5) is 0 Å². The van der Waals surface area contributed by atoms with Crippen molar-refractivity contribution in [2.75, 3.05) is 6.54 Å². The number of rotatable bonds is 4. The molecule has 1 rings (SSSR count). The molecular formula is C9H14ClN3. The summed E-state index contributed by atoms with van der Waals surface area (Å²) in [5.74, 6) is 0.831. The van der Waals surface area contributed by atoms with Gasteiger partial charge in [0.1, 0.15) is 5.82 Å². The number of aromatic nitrogens is 2. The first-order valence-corrected chi connectivity index (χ1v) is 4.80. The Morgan fingerprint density at radius 1 is 1.46 bits per heavy atom. The molecule has 1 N–H and O–H groups in total. The smallest absolute Gasteiger partial charge is 0.129 e. The van der Waals surface area contributed by atoms with E-state index >= 15 is 0 Å². The topological polar surface area (TPSA) is 37.8 Å². The average Bonchev–Trinajstić information content (AvgIpc) is 2.09. The first kappa shape index (κ1) is 10.4. The van der Waals surface area contributed by atoms with Crippen LogP contribution in [0.15, 0.2) is 12.4 Å². The minimum atomic E-state index is 0.408. The lowest BCUT2D eigenvalue weighted by Gasteiger charge is -2.10. The molecule has 0 spiro atoms. The highest BCUT2D eigenvalue weighted by Crippen LogP contribution is 2.03. The normalized spacial score (nSPS) is 12.8. The molecule has 0 aliphatic carbocycles. The number of nitrogens with one attached hydrogen (secondary N) is 1. The van der Waals surface area contributed by atoms with E-state index in [2.05, 4.69) is 29.1 Å². The fraction of sp³-hybridized carbons (Fsp3) is 0.556. The van der Waals surface area contributed by atoms with E-state index in [4.69, 9.17) is 11.6 Å². The molecule has 72 valence electrons. The second-order valence-electron chi connectivity index (χ2n) is 2.98. The van der Waals surface area contributed by atoms with Crippen molar-refractivity contribution in [3.05, 3.63) is 23.2 Å². The van der Waals surface area contributed by atoms with Gasteiger partial charge in [0.25, 0.3) is 0 Å². The Balaban J connectivity index is 2.49. The third-order valence-corrected chi connectivity index (χ3v) is 1.91. The standard InChI is InChI=1S/C9H14ClN3/c1-3-11-7(2)4-9-12-5-8(10)6-13-9/h5-7,11H,3-4H2,1-2H3. The van der Waals surface area contributed by atoms with Crippen molar-refractivity contribution in [3.8, 4) is 0 Å². The minimum Gasteiger partial charge on any atom is -0.314 e. The second-order valence-corrected chi connectivity index (χ2v) is 3.42. The average molecular weight is 200 g/mol. The van der Waals surface area contributed by atoms with Crippen molar-refractivity contribution < 1.29 is 0 Å². The Hall–Kier alpha value is -0.670. The highest BCUT2D eigenvalue weighted by atomic mass is 35.5. The fourth-order valence-electron chi connectivity index (χ4n) is 1.14. The molecule has 0 radical (unpaired) electrons. The van der Waals surface area contributed by atoms with Crippen LogP contribution in [-0.4, -0.2) is 22.6 Å². The van der Waals surface area contributed by atoms with E-state index in [1.54, 1.807) is 12.4 Å². The lowest BCUT2D eigenvalue weighted by molar-refractivity contribution is 0.552. The van der Waals surface area contributed by atoms with E-state index in [-0.39, 0.29) is 0 Å². The Morgan fingerprint density at radius 3 is 2.62 bits per heavy atom. The first-order valence-electron chi connectivity index (χ1n) is 4.42. The minimum absolute atomic E-state index is 0.408. The Morgan fingerprint density at radius 2 is 2.08 bits per heavy atom. The van der Waals surface area contributed by atoms with Gasteiger partial charge < -0.3 is 5.32 Å². The highest BCUT2D eigenvalue weighted by Gasteiger charge is 2.03. The van der Waals surface area contributed by atoms with Gasteiger partial charge in [0.05, 0.1) is 5.02 Å². The van der Waals surface area contributed by atoms with Crippen LogP contribution in [0.2, 0.25) is 5.02 Å². The quantitative estimate of drug-likeness (QED) is 0.802. The fourth-order valence-corrected chi connectivity index (χ4v) is 1.24. The van der Waals surface area contributed by atoms with Crippen LogP contribution in [0.3, 0.4) is 0 Å². The van der Waals surface area contributed by atoms with Gasteiger partial charge in [-0.2, -0.15) is 0 Å². The van der Waals surface area contributed by atoms with E-state index in [9.17, 15) is 0 Å². The number of likely N-dealkylation sites (N-methyl/N-ethyl adjacent to an activating group) is 1. The molecule has 1 aromatic heterocycles. The lowest BCUT2D eigenvalue weighted by atomic mass is 10.2. The van der Waals surface area contributed by atoms with Crippen molar-refractivity contribution in [1.82, 2.24) is 15.3 Å². The molecule has 4 heteroatoms. The van der Waals surface area contributed by atoms with Crippen LogP contribution in [-0.2, 0) is 6.42 Å². The number of hydrogen-bond donors (Lipinski definition) is 1. The van der Waals surface area contributed by atoms with E-state index in [1.165, 1.54) is 0 Å². The molecule has 0 bridgehead atoms. The summed E-state index contributed by atoms with van der Waals surface area (Å²) < 4.78 is 0. The molecule has 3 nitrogen and oxygen atoms in total. The summed E-state index contributed by atoms with van der Waals surface area (Å²) in [4.78, 5) is 8.23. The number of nitrogens with zero attached hydrogens (tertiary/aromatic N) is 2. The van der Waals surface area contributed by atoms with Gasteiger partial charge in [-0.1, -0.05) is 18.5 Å². The van der Waals surface area contributed by atoms with Crippen molar-refractivity contribution >= 4 is 11.6 Å². The predicted octanol–water partition coefficient (Wildman–Crippen LogP) is 1.67. The van der Waals surface area contributed by atoms with Crippen LogP contribution < -0.4 is 5.32 Å². The maximum Gasteiger partial charge on any atom is 0.129 e. The van der Waals surface area contributed by atoms with Crippen molar-refractivity contribution in [2.24, 2.45) is 0 Å². The monoisotopic (exact) mass is 199 g/mol. The van der Waals surface area contributed by atoms with E-state index in [0.717, 1.165) is 18.8 Å². The third kappa shape index (κ3) is 3.70. The summed E-state index contributed by atoms with van der Waals surface area (Å²) in [5, 5.41) is 3.88. The van der Waals surface area contributed by atoms with Gasteiger partial charge in [-0.25, -0.2) is 9.97 Å². The molecule has 0 aliphatic heterocycles. The molecular weight excluding hydrogens is 186 g/mol. The largest absolute Gasteiger partial charge is 0.314 e. The molecule has 1 aromatic rings. The van der Waals surface area contributed by atoms with Gasteiger partial charge in [0, 0.05) is 24.9 Å². The van der Waals surface area contributed by atoms with Crippen molar-refractivity contribution in [2.45, 2.75) is 26.3 Å². The molecule has 0 aliphatic rings. The van der Waals surface area contributed by atoms with E-state index in [0.29, 0.717) is 11.1 Å². The van der Waals surface area contributed by atoms with Gasteiger partial charge in [0.15, 0.2) is 0 Å². The summed E-state index contributed by atoms with van der Waals surface area (Å²) in [6.07, 6.45) is 4.09. The molecule has 13 heavy (non-hydrogen) atoms.